The lowest BCUT2D eigenvalue weighted by molar-refractivity contribution is -0.130. The molecule has 24 heavy (non-hydrogen) atoms. The lowest BCUT2D eigenvalue weighted by atomic mass is 10.2. The van der Waals surface area contributed by atoms with Crippen LogP contribution in [0, 0.1) is 0 Å². The fourth-order valence-corrected chi connectivity index (χ4v) is 3.83. The zero-order valence-electron chi connectivity index (χ0n) is 14.2. The molecule has 3 rings (SSSR count). The van der Waals surface area contributed by atoms with Crippen LogP contribution in [0.15, 0.2) is 29.7 Å². The van der Waals surface area contributed by atoms with E-state index in [0.717, 1.165) is 42.5 Å². The van der Waals surface area contributed by atoms with Gasteiger partial charge in [-0.1, -0.05) is 24.6 Å². The molecular formula is C17H23N5OS. The second-order valence-electron chi connectivity index (χ2n) is 6.10. The van der Waals surface area contributed by atoms with Gasteiger partial charge < -0.3 is 9.47 Å². The Bertz CT molecular complexity index is 680. The smallest absolute Gasteiger partial charge is 0.235 e. The van der Waals surface area contributed by atoms with Crippen molar-refractivity contribution in [3.05, 3.63) is 24.5 Å². The van der Waals surface area contributed by atoms with E-state index in [9.17, 15) is 4.79 Å². The summed E-state index contributed by atoms with van der Waals surface area (Å²) in [6.07, 6.45) is 8.15. The van der Waals surface area contributed by atoms with Crippen LogP contribution in [0.5, 0.6) is 0 Å². The van der Waals surface area contributed by atoms with Crippen molar-refractivity contribution >= 4 is 17.7 Å². The Hall–Kier alpha value is -1.89. The Morgan fingerprint density at radius 3 is 2.46 bits per heavy atom. The zero-order valence-corrected chi connectivity index (χ0v) is 15.0. The standard InChI is InChI=1S/C17H23N5OS/c1-13(16(23)22-11-5-3-4-6-12-22)24-17-20-19-15(21(17)2)14-7-9-18-10-8-14/h7-10,13H,3-6,11-12H2,1-2H3/t13-/m0/s1. The number of pyridine rings is 1. The summed E-state index contributed by atoms with van der Waals surface area (Å²) in [6, 6.07) is 3.81. The molecule has 1 fully saturated rings. The minimum absolute atomic E-state index is 0.156. The number of carbonyl (C=O) groups is 1. The van der Waals surface area contributed by atoms with Crippen molar-refractivity contribution in [3.8, 4) is 11.4 Å². The second kappa shape index (κ2) is 7.79. The van der Waals surface area contributed by atoms with Crippen molar-refractivity contribution in [2.75, 3.05) is 13.1 Å². The molecule has 1 saturated heterocycles. The van der Waals surface area contributed by atoms with E-state index in [2.05, 4.69) is 15.2 Å². The highest BCUT2D eigenvalue weighted by Gasteiger charge is 2.24. The highest BCUT2D eigenvalue weighted by Crippen LogP contribution is 2.26. The predicted molar refractivity (Wildman–Crippen MR) is 94.6 cm³/mol. The molecule has 0 spiro atoms. The van der Waals surface area contributed by atoms with Crippen molar-refractivity contribution in [2.45, 2.75) is 43.0 Å². The number of likely N-dealkylation sites (tertiary alicyclic amines) is 1. The summed E-state index contributed by atoms with van der Waals surface area (Å²) in [5.74, 6) is 0.990. The zero-order chi connectivity index (χ0) is 16.9. The first-order valence-corrected chi connectivity index (χ1v) is 9.30. The van der Waals surface area contributed by atoms with Crippen molar-refractivity contribution in [1.29, 1.82) is 0 Å². The molecule has 1 aliphatic heterocycles. The normalized spacial score (nSPS) is 16.7. The number of rotatable bonds is 4. The largest absolute Gasteiger partial charge is 0.342 e. The SMILES string of the molecule is C[C@H](Sc1nnc(-c2ccncc2)n1C)C(=O)N1CCCCCC1. The number of nitrogens with zero attached hydrogens (tertiary/aromatic N) is 5. The van der Waals surface area contributed by atoms with Crippen LogP contribution in [0.3, 0.4) is 0 Å². The maximum atomic E-state index is 12.7. The molecule has 1 atom stereocenters. The monoisotopic (exact) mass is 345 g/mol. The third-order valence-corrected chi connectivity index (χ3v) is 5.44. The lowest BCUT2D eigenvalue weighted by Crippen LogP contribution is -2.37. The van der Waals surface area contributed by atoms with Gasteiger partial charge in [-0.15, -0.1) is 10.2 Å². The van der Waals surface area contributed by atoms with E-state index in [1.54, 1.807) is 12.4 Å². The summed E-state index contributed by atoms with van der Waals surface area (Å²) >= 11 is 1.48. The molecule has 6 nitrogen and oxygen atoms in total. The van der Waals surface area contributed by atoms with Crippen LogP contribution in [0.25, 0.3) is 11.4 Å². The maximum absolute atomic E-state index is 12.7. The molecule has 0 aromatic carbocycles. The number of hydrogen-bond acceptors (Lipinski definition) is 5. The highest BCUT2D eigenvalue weighted by molar-refractivity contribution is 8.00. The minimum Gasteiger partial charge on any atom is -0.342 e. The van der Waals surface area contributed by atoms with Crippen LogP contribution < -0.4 is 0 Å². The first-order valence-electron chi connectivity index (χ1n) is 8.42. The summed E-state index contributed by atoms with van der Waals surface area (Å²) in [5.41, 5.74) is 0.971. The van der Waals surface area contributed by atoms with E-state index >= 15 is 0 Å². The molecule has 1 amide bonds. The van der Waals surface area contributed by atoms with E-state index in [-0.39, 0.29) is 11.2 Å². The van der Waals surface area contributed by atoms with E-state index in [1.165, 1.54) is 24.6 Å². The molecule has 128 valence electrons. The van der Waals surface area contributed by atoms with Crippen LogP contribution >= 0.6 is 11.8 Å². The second-order valence-corrected chi connectivity index (χ2v) is 7.41. The molecule has 0 aliphatic carbocycles. The van der Waals surface area contributed by atoms with Gasteiger partial charge in [-0.05, 0) is 31.9 Å². The van der Waals surface area contributed by atoms with Crippen LogP contribution in [0.4, 0.5) is 0 Å². The number of aromatic nitrogens is 4. The summed E-state index contributed by atoms with van der Waals surface area (Å²) in [7, 11) is 1.93. The van der Waals surface area contributed by atoms with Crippen molar-refractivity contribution < 1.29 is 4.79 Å². The molecule has 0 radical (unpaired) electrons. The number of thioether (sulfide) groups is 1. The Morgan fingerprint density at radius 1 is 1.12 bits per heavy atom. The molecule has 1 aliphatic rings. The fourth-order valence-electron chi connectivity index (χ4n) is 2.93. The molecule has 2 aromatic rings. The third-order valence-electron chi connectivity index (χ3n) is 4.32. The Labute approximate surface area is 146 Å². The summed E-state index contributed by atoms with van der Waals surface area (Å²) in [6.45, 7) is 3.72. The van der Waals surface area contributed by atoms with Gasteiger partial charge in [-0.25, -0.2) is 0 Å². The first kappa shape index (κ1) is 17.0. The molecule has 0 N–H and O–H groups in total. The molecular weight excluding hydrogens is 322 g/mol. The highest BCUT2D eigenvalue weighted by atomic mass is 32.2. The molecule has 3 heterocycles. The average Bonchev–Trinajstić information content (AvgIpc) is 2.81. The Balaban J connectivity index is 1.69. The summed E-state index contributed by atoms with van der Waals surface area (Å²) < 4.78 is 1.94. The third kappa shape index (κ3) is 3.77. The first-order chi connectivity index (χ1) is 11.7. The fraction of sp³-hybridized carbons (Fsp3) is 0.529. The van der Waals surface area contributed by atoms with Gasteiger partial charge >= 0.3 is 0 Å². The van der Waals surface area contributed by atoms with Crippen LogP contribution in [-0.4, -0.2) is 48.9 Å². The molecule has 0 unspecified atom stereocenters. The van der Waals surface area contributed by atoms with E-state index in [4.69, 9.17) is 0 Å². The van der Waals surface area contributed by atoms with E-state index in [1.807, 2.05) is 35.6 Å². The van der Waals surface area contributed by atoms with Crippen molar-refractivity contribution in [1.82, 2.24) is 24.6 Å². The van der Waals surface area contributed by atoms with E-state index < -0.39 is 0 Å². The lowest BCUT2D eigenvalue weighted by Gasteiger charge is -2.23. The summed E-state index contributed by atoms with van der Waals surface area (Å²) in [5, 5.41) is 9.13. The van der Waals surface area contributed by atoms with E-state index in [0.29, 0.717) is 0 Å². The van der Waals surface area contributed by atoms with Gasteiger partial charge in [0.25, 0.3) is 0 Å². The average molecular weight is 345 g/mol. The van der Waals surface area contributed by atoms with Gasteiger partial charge in [0.2, 0.25) is 5.91 Å². The summed E-state index contributed by atoms with van der Waals surface area (Å²) in [4.78, 5) is 18.7. The number of amides is 1. The molecule has 7 heteroatoms. The minimum atomic E-state index is -0.156. The van der Waals surface area contributed by atoms with Gasteiger partial charge in [-0.3, -0.25) is 9.78 Å². The van der Waals surface area contributed by atoms with Crippen molar-refractivity contribution in [3.63, 3.8) is 0 Å². The number of carbonyl (C=O) groups excluding carboxylic acids is 1. The molecule has 2 aromatic heterocycles. The van der Waals surface area contributed by atoms with Crippen molar-refractivity contribution in [2.24, 2.45) is 7.05 Å². The van der Waals surface area contributed by atoms with Gasteiger partial charge in [0.15, 0.2) is 11.0 Å². The topological polar surface area (TPSA) is 63.9 Å². The van der Waals surface area contributed by atoms with Crippen LogP contribution in [-0.2, 0) is 11.8 Å². The Morgan fingerprint density at radius 2 is 1.79 bits per heavy atom. The van der Waals surface area contributed by atoms with Gasteiger partial charge in [-0.2, -0.15) is 0 Å². The molecule has 0 saturated carbocycles. The van der Waals surface area contributed by atoms with Crippen LogP contribution in [0.1, 0.15) is 32.6 Å². The molecule has 0 bridgehead atoms. The maximum Gasteiger partial charge on any atom is 0.235 e. The predicted octanol–water partition coefficient (Wildman–Crippen LogP) is 2.76. The Kier molecular flexibility index (Phi) is 5.50. The number of hydrogen-bond donors (Lipinski definition) is 0. The van der Waals surface area contributed by atoms with Gasteiger partial charge in [0.05, 0.1) is 5.25 Å². The quantitative estimate of drug-likeness (QED) is 0.797. The van der Waals surface area contributed by atoms with Crippen LogP contribution in [0.2, 0.25) is 0 Å². The van der Waals surface area contributed by atoms with Gasteiger partial charge in [0.1, 0.15) is 0 Å². The van der Waals surface area contributed by atoms with Gasteiger partial charge in [0, 0.05) is 38.1 Å².